The van der Waals surface area contributed by atoms with Crippen LogP contribution in [0.1, 0.15) is 23.7 Å². The van der Waals surface area contributed by atoms with Crippen molar-refractivity contribution in [2.24, 2.45) is 0 Å². The first-order chi connectivity index (χ1) is 13.9. The Kier molecular flexibility index (Phi) is 8.34. The molecule has 3 N–H and O–H groups in total. The summed E-state index contributed by atoms with van der Waals surface area (Å²) >= 11 is 1.53. The van der Waals surface area contributed by atoms with Crippen LogP contribution in [0, 0.1) is 0 Å². The lowest BCUT2D eigenvalue weighted by Gasteiger charge is -2.10. The molecule has 10 heteroatoms. The molecule has 0 atom stereocenters. The zero-order chi connectivity index (χ0) is 21.3. The highest BCUT2D eigenvalue weighted by molar-refractivity contribution is 7.98. The third kappa shape index (κ3) is 6.99. The van der Waals surface area contributed by atoms with E-state index in [1.54, 1.807) is 12.1 Å². The van der Waals surface area contributed by atoms with Gasteiger partial charge >= 0.3 is 0 Å². The van der Waals surface area contributed by atoms with Crippen LogP contribution in [0.3, 0.4) is 0 Å². The first-order valence-electron chi connectivity index (χ1n) is 8.79. The van der Waals surface area contributed by atoms with E-state index >= 15 is 0 Å². The van der Waals surface area contributed by atoms with E-state index in [1.807, 2.05) is 13.2 Å². The van der Waals surface area contributed by atoms with Crippen LogP contribution in [0.25, 0.3) is 0 Å². The van der Waals surface area contributed by atoms with E-state index in [0.717, 1.165) is 0 Å². The summed E-state index contributed by atoms with van der Waals surface area (Å²) in [5.41, 5.74) is 5.23. The van der Waals surface area contributed by atoms with Gasteiger partial charge in [-0.05, 0) is 61.7 Å². The van der Waals surface area contributed by atoms with Crippen LogP contribution in [0.4, 0.5) is 5.69 Å². The molecule has 0 saturated heterocycles. The van der Waals surface area contributed by atoms with Crippen LogP contribution in [0.2, 0.25) is 0 Å². The maximum Gasteiger partial charge on any atom is 0.269 e. The highest BCUT2D eigenvalue weighted by Gasteiger charge is 2.15. The second kappa shape index (κ2) is 10.7. The van der Waals surface area contributed by atoms with Crippen LogP contribution in [-0.2, 0) is 14.8 Å². The molecule has 2 amide bonds. The molecule has 0 aliphatic rings. The Bertz CT molecular complexity index is 929. The number of carbonyl (C=O) groups is 2. The summed E-state index contributed by atoms with van der Waals surface area (Å²) in [6.45, 7) is 2.33. The number of thioether (sulfide) groups is 1. The zero-order valence-electron chi connectivity index (χ0n) is 16.1. The molecule has 0 radical (unpaired) electrons. The fourth-order valence-electron chi connectivity index (χ4n) is 2.24. The number of anilines is 1. The van der Waals surface area contributed by atoms with Gasteiger partial charge in [-0.15, -0.1) is 0 Å². The molecule has 0 bridgehead atoms. The van der Waals surface area contributed by atoms with Crippen molar-refractivity contribution in [1.29, 1.82) is 0 Å². The molecular formula is C19H23N3O5S2. The molecule has 0 unspecified atom stereocenters. The van der Waals surface area contributed by atoms with Gasteiger partial charge in [0.15, 0.2) is 0 Å². The number of hydrogen-bond acceptors (Lipinski definition) is 6. The van der Waals surface area contributed by atoms with Crippen molar-refractivity contribution in [3.05, 3.63) is 54.1 Å². The quantitative estimate of drug-likeness (QED) is 0.519. The van der Waals surface area contributed by atoms with Gasteiger partial charge in [-0.1, -0.05) is 0 Å². The summed E-state index contributed by atoms with van der Waals surface area (Å²) in [6, 6.07) is 11.9. The van der Waals surface area contributed by atoms with Crippen molar-refractivity contribution in [2.75, 3.05) is 23.3 Å². The summed E-state index contributed by atoms with van der Waals surface area (Å²) < 4.78 is 32.7. The van der Waals surface area contributed by atoms with E-state index < -0.39 is 15.9 Å². The third-order valence-corrected chi connectivity index (χ3v) is 5.70. The molecule has 0 aromatic heterocycles. The number of amides is 2. The molecule has 8 nitrogen and oxygen atoms in total. The molecule has 0 spiro atoms. The van der Waals surface area contributed by atoms with E-state index in [-0.39, 0.29) is 16.4 Å². The lowest BCUT2D eigenvalue weighted by Crippen LogP contribution is -2.41. The van der Waals surface area contributed by atoms with Crippen molar-refractivity contribution < 1.29 is 22.7 Å². The lowest BCUT2D eigenvalue weighted by atomic mass is 10.2. The predicted molar refractivity (Wildman–Crippen MR) is 113 cm³/mol. The van der Waals surface area contributed by atoms with Gasteiger partial charge in [0.05, 0.1) is 11.5 Å². The minimum Gasteiger partial charge on any atom is -0.494 e. The highest BCUT2D eigenvalue weighted by atomic mass is 32.2. The largest absolute Gasteiger partial charge is 0.494 e. The number of nitrogens with one attached hydrogen (secondary N) is 3. The van der Waals surface area contributed by atoms with E-state index in [2.05, 4.69) is 15.6 Å². The molecule has 2 rings (SSSR count). The van der Waals surface area contributed by atoms with Gasteiger partial charge in [0.2, 0.25) is 5.91 Å². The SMILES string of the molecule is CCOc1ccc(S(=O)(=O)Nc2ccc(C(=O)NNC(=O)CCSC)cc2)cc1. The highest BCUT2D eigenvalue weighted by Crippen LogP contribution is 2.19. The average molecular weight is 438 g/mol. The van der Waals surface area contributed by atoms with Gasteiger partial charge in [0.25, 0.3) is 15.9 Å². The van der Waals surface area contributed by atoms with Crippen LogP contribution < -0.4 is 20.3 Å². The number of ether oxygens (including phenoxy) is 1. The number of rotatable bonds is 9. The van der Waals surface area contributed by atoms with Crippen molar-refractivity contribution in [3.8, 4) is 5.75 Å². The summed E-state index contributed by atoms with van der Waals surface area (Å²) in [5.74, 6) is 0.462. The van der Waals surface area contributed by atoms with Crippen molar-refractivity contribution in [1.82, 2.24) is 10.9 Å². The summed E-state index contributed by atoms with van der Waals surface area (Å²) in [4.78, 5) is 23.7. The molecule has 156 valence electrons. The Balaban J connectivity index is 1.97. The number of hydrogen-bond donors (Lipinski definition) is 3. The zero-order valence-corrected chi connectivity index (χ0v) is 17.7. The van der Waals surface area contributed by atoms with Gasteiger partial charge in [-0.25, -0.2) is 8.42 Å². The van der Waals surface area contributed by atoms with Gasteiger partial charge in [-0.3, -0.25) is 25.2 Å². The summed E-state index contributed by atoms with van der Waals surface area (Å²) in [5, 5.41) is 0. The Morgan fingerprint density at radius 2 is 1.66 bits per heavy atom. The summed E-state index contributed by atoms with van der Waals surface area (Å²) in [7, 11) is -3.77. The minimum absolute atomic E-state index is 0.0933. The molecule has 0 fully saturated rings. The van der Waals surface area contributed by atoms with Gasteiger partial charge in [0, 0.05) is 23.4 Å². The van der Waals surface area contributed by atoms with Gasteiger partial charge in [0.1, 0.15) is 5.75 Å². The molecule has 0 aliphatic heterocycles. The second-order valence-electron chi connectivity index (χ2n) is 5.83. The second-order valence-corrected chi connectivity index (χ2v) is 8.50. The Labute approximate surface area is 174 Å². The average Bonchev–Trinajstić information content (AvgIpc) is 2.71. The molecule has 0 aliphatic carbocycles. The standard InChI is InChI=1S/C19H23N3O5S2/c1-3-27-16-8-10-17(11-9-16)29(25,26)22-15-6-4-14(5-7-15)19(24)21-20-18(23)12-13-28-2/h4-11,22H,3,12-13H2,1-2H3,(H,20,23)(H,21,24). The Morgan fingerprint density at radius 3 is 2.24 bits per heavy atom. The molecule has 0 saturated carbocycles. The fraction of sp³-hybridized carbons (Fsp3) is 0.263. The molecule has 0 heterocycles. The van der Waals surface area contributed by atoms with Crippen molar-refractivity contribution >= 4 is 39.3 Å². The molecule has 2 aromatic carbocycles. The Morgan fingerprint density at radius 1 is 1.00 bits per heavy atom. The molecule has 29 heavy (non-hydrogen) atoms. The maximum atomic E-state index is 12.5. The predicted octanol–water partition coefficient (Wildman–Crippen LogP) is 2.40. The molecular weight excluding hydrogens is 414 g/mol. The maximum absolute atomic E-state index is 12.5. The molecule has 2 aromatic rings. The van der Waals surface area contributed by atoms with E-state index in [4.69, 9.17) is 4.74 Å². The van der Waals surface area contributed by atoms with Crippen molar-refractivity contribution in [2.45, 2.75) is 18.2 Å². The van der Waals surface area contributed by atoms with Crippen LogP contribution in [-0.4, -0.2) is 38.8 Å². The number of carbonyl (C=O) groups excluding carboxylic acids is 2. The fourth-order valence-corrected chi connectivity index (χ4v) is 3.69. The number of benzene rings is 2. The summed E-state index contributed by atoms with van der Waals surface area (Å²) in [6.07, 6.45) is 2.19. The smallest absolute Gasteiger partial charge is 0.269 e. The third-order valence-electron chi connectivity index (χ3n) is 3.69. The monoisotopic (exact) mass is 437 g/mol. The minimum atomic E-state index is -3.77. The topological polar surface area (TPSA) is 114 Å². The van der Waals surface area contributed by atoms with Crippen LogP contribution >= 0.6 is 11.8 Å². The normalized spacial score (nSPS) is 10.8. The Hall–Kier alpha value is -2.72. The number of hydrazine groups is 1. The van der Waals surface area contributed by atoms with E-state index in [9.17, 15) is 18.0 Å². The van der Waals surface area contributed by atoms with Crippen molar-refractivity contribution in [3.63, 3.8) is 0 Å². The lowest BCUT2D eigenvalue weighted by molar-refractivity contribution is -0.121. The van der Waals surface area contributed by atoms with Crippen LogP contribution in [0.15, 0.2) is 53.4 Å². The number of sulfonamides is 1. The van der Waals surface area contributed by atoms with Crippen LogP contribution in [0.5, 0.6) is 5.75 Å². The van der Waals surface area contributed by atoms with E-state index in [0.29, 0.717) is 30.2 Å². The van der Waals surface area contributed by atoms with E-state index in [1.165, 1.54) is 48.2 Å². The first kappa shape index (κ1) is 22.6. The first-order valence-corrected chi connectivity index (χ1v) is 11.7. The van der Waals surface area contributed by atoms with Gasteiger partial charge < -0.3 is 4.74 Å². The van der Waals surface area contributed by atoms with Gasteiger partial charge in [-0.2, -0.15) is 11.8 Å².